The third-order valence-electron chi connectivity index (χ3n) is 4.47. The van der Waals surface area contributed by atoms with Crippen molar-refractivity contribution in [3.8, 4) is 5.69 Å². The second-order valence-electron chi connectivity index (χ2n) is 6.65. The molecule has 2 heterocycles. The average molecular weight is 391 g/mol. The number of nitrogens with zero attached hydrogens (tertiary/aromatic N) is 4. The molecule has 0 bridgehead atoms. The molecule has 10 heteroatoms. The number of sulfone groups is 1. The lowest BCUT2D eigenvalue weighted by Gasteiger charge is -2.27. The van der Waals surface area contributed by atoms with Crippen LogP contribution in [-0.2, 0) is 19.4 Å². The number of nitrogens with one attached hydrogen (secondary N) is 1. The quantitative estimate of drug-likeness (QED) is 0.747. The summed E-state index contributed by atoms with van der Waals surface area (Å²) in [5.74, 6) is -0.712. The van der Waals surface area contributed by atoms with E-state index in [0.717, 1.165) is 12.8 Å². The van der Waals surface area contributed by atoms with E-state index in [2.05, 4.69) is 15.5 Å². The van der Waals surface area contributed by atoms with Crippen molar-refractivity contribution in [2.45, 2.75) is 24.0 Å². The Morgan fingerprint density at radius 1 is 1.15 bits per heavy atom. The normalized spacial score (nSPS) is 17.7. The maximum absolute atomic E-state index is 12.9. The Bertz CT molecular complexity index is 918. The first-order chi connectivity index (χ1) is 13.0. The molecule has 0 unspecified atom stereocenters. The molecule has 1 aromatic carbocycles. The molecular weight excluding hydrogens is 370 g/mol. The number of amides is 1. The Morgan fingerprint density at radius 3 is 2.52 bits per heavy atom. The SMILES string of the molecule is O=C(CS(=O)(=O)c1nnc(N2CCOCC2)n1-c1ccccc1)NC1CC1. The lowest BCUT2D eigenvalue weighted by atomic mass is 10.3. The molecule has 144 valence electrons. The molecule has 9 nitrogen and oxygen atoms in total. The first kappa shape index (κ1) is 17.9. The van der Waals surface area contributed by atoms with Crippen LogP contribution in [-0.4, -0.2) is 67.2 Å². The van der Waals surface area contributed by atoms with Crippen LogP contribution in [0.5, 0.6) is 0 Å². The van der Waals surface area contributed by atoms with Crippen molar-refractivity contribution in [1.29, 1.82) is 0 Å². The molecule has 1 aromatic heterocycles. The highest BCUT2D eigenvalue weighted by Gasteiger charge is 2.32. The number of carbonyl (C=O) groups excluding carboxylic acids is 1. The maximum Gasteiger partial charge on any atom is 0.256 e. The first-order valence-electron chi connectivity index (χ1n) is 8.90. The summed E-state index contributed by atoms with van der Waals surface area (Å²) in [5, 5.41) is 10.6. The van der Waals surface area contributed by atoms with E-state index in [0.29, 0.717) is 37.9 Å². The molecule has 1 aliphatic heterocycles. The Balaban J connectivity index is 1.71. The van der Waals surface area contributed by atoms with E-state index in [9.17, 15) is 13.2 Å². The molecule has 2 aromatic rings. The molecule has 2 fully saturated rings. The van der Waals surface area contributed by atoms with Gasteiger partial charge in [0.25, 0.3) is 5.16 Å². The van der Waals surface area contributed by atoms with Crippen molar-refractivity contribution in [3.05, 3.63) is 30.3 Å². The van der Waals surface area contributed by atoms with Crippen LogP contribution in [0.1, 0.15) is 12.8 Å². The molecule has 1 saturated heterocycles. The van der Waals surface area contributed by atoms with Gasteiger partial charge in [0.2, 0.25) is 21.7 Å². The molecule has 1 saturated carbocycles. The van der Waals surface area contributed by atoms with Gasteiger partial charge in [0.05, 0.1) is 18.9 Å². The van der Waals surface area contributed by atoms with Crippen LogP contribution >= 0.6 is 0 Å². The van der Waals surface area contributed by atoms with Crippen molar-refractivity contribution in [3.63, 3.8) is 0 Å². The Kier molecular flexibility index (Phi) is 4.83. The Morgan fingerprint density at radius 2 is 1.85 bits per heavy atom. The van der Waals surface area contributed by atoms with Gasteiger partial charge in [-0.25, -0.2) is 8.42 Å². The topological polar surface area (TPSA) is 106 Å². The fraction of sp³-hybridized carbons (Fsp3) is 0.471. The van der Waals surface area contributed by atoms with Crippen LogP contribution in [0.4, 0.5) is 5.95 Å². The minimum atomic E-state index is -3.95. The second kappa shape index (κ2) is 7.28. The van der Waals surface area contributed by atoms with E-state index >= 15 is 0 Å². The number of para-hydroxylation sites is 1. The molecule has 4 rings (SSSR count). The molecule has 27 heavy (non-hydrogen) atoms. The van der Waals surface area contributed by atoms with Crippen LogP contribution < -0.4 is 10.2 Å². The number of rotatable bonds is 6. The summed E-state index contributed by atoms with van der Waals surface area (Å²) >= 11 is 0. The summed E-state index contributed by atoms with van der Waals surface area (Å²) in [6.45, 7) is 2.25. The van der Waals surface area contributed by atoms with E-state index < -0.39 is 21.5 Å². The van der Waals surface area contributed by atoms with Gasteiger partial charge in [-0.1, -0.05) is 18.2 Å². The van der Waals surface area contributed by atoms with E-state index in [1.165, 1.54) is 4.57 Å². The van der Waals surface area contributed by atoms with Gasteiger partial charge in [-0.2, -0.15) is 0 Å². The van der Waals surface area contributed by atoms with Gasteiger partial charge in [0.1, 0.15) is 5.75 Å². The van der Waals surface area contributed by atoms with Crippen molar-refractivity contribution >= 4 is 21.7 Å². The first-order valence-corrected chi connectivity index (χ1v) is 10.6. The number of aromatic nitrogens is 3. The number of hydrogen-bond acceptors (Lipinski definition) is 7. The highest BCUT2D eigenvalue weighted by molar-refractivity contribution is 7.92. The predicted octanol–water partition coefficient (Wildman–Crippen LogP) is 0.156. The largest absolute Gasteiger partial charge is 0.378 e. The second-order valence-corrected chi connectivity index (χ2v) is 8.54. The Hall–Kier alpha value is -2.46. The third kappa shape index (κ3) is 3.96. The van der Waals surface area contributed by atoms with E-state index in [1.807, 2.05) is 23.1 Å². The lowest BCUT2D eigenvalue weighted by Crippen LogP contribution is -2.38. The summed E-state index contributed by atoms with van der Waals surface area (Å²) in [5.41, 5.74) is 0.630. The number of hydrogen-bond donors (Lipinski definition) is 1. The van der Waals surface area contributed by atoms with Gasteiger partial charge in [0.15, 0.2) is 0 Å². The monoisotopic (exact) mass is 391 g/mol. The molecular formula is C17H21N5O4S. The zero-order valence-corrected chi connectivity index (χ0v) is 15.6. The fourth-order valence-corrected chi connectivity index (χ4v) is 4.16. The summed E-state index contributed by atoms with van der Waals surface area (Å²) < 4.78 is 32.7. The molecule has 1 aliphatic carbocycles. The Labute approximate surface area is 157 Å². The summed E-state index contributed by atoms with van der Waals surface area (Å²) in [4.78, 5) is 14.0. The lowest BCUT2D eigenvalue weighted by molar-refractivity contribution is -0.118. The standard InChI is InChI=1S/C17H21N5O4S/c23-15(18-13-6-7-13)12-27(24,25)17-20-19-16(21-8-10-26-11-9-21)22(17)14-4-2-1-3-5-14/h1-5,13H,6-12H2,(H,18,23). The van der Waals surface area contributed by atoms with Crippen LogP contribution in [0.2, 0.25) is 0 Å². The third-order valence-corrected chi connectivity index (χ3v) is 5.93. The van der Waals surface area contributed by atoms with Crippen molar-refractivity contribution in [1.82, 2.24) is 20.1 Å². The zero-order chi connectivity index (χ0) is 18.9. The van der Waals surface area contributed by atoms with Crippen molar-refractivity contribution in [2.75, 3.05) is 37.0 Å². The van der Waals surface area contributed by atoms with Gasteiger partial charge < -0.3 is 15.0 Å². The highest BCUT2D eigenvalue weighted by Crippen LogP contribution is 2.25. The van der Waals surface area contributed by atoms with Gasteiger partial charge in [-0.15, -0.1) is 10.2 Å². The van der Waals surface area contributed by atoms with Gasteiger partial charge >= 0.3 is 0 Å². The van der Waals surface area contributed by atoms with Crippen LogP contribution in [0.15, 0.2) is 35.5 Å². The van der Waals surface area contributed by atoms with Crippen LogP contribution in [0.25, 0.3) is 5.69 Å². The smallest absolute Gasteiger partial charge is 0.256 e. The number of morpholine rings is 1. The predicted molar refractivity (Wildman–Crippen MR) is 97.6 cm³/mol. The molecule has 0 radical (unpaired) electrons. The number of benzene rings is 1. The van der Waals surface area contributed by atoms with E-state index in [-0.39, 0.29) is 11.2 Å². The van der Waals surface area contributed by atoms with Gasteiger partial charge in [0, 0.05) is 19.1 Å². The minimum absolute atomic E-state index is 0.101. The zero-order valence-electron chi connectivity index (χ0n) is 14.7. The average Bonchev–Trinajstić information content (AvgIpc) is 3.35. The summed E-state index contributed by atoms with van der Waals surface area (Å²) in [6.07, 6.45) is 1.79. The summed E-state index contributed by atoms with van der Waals surface area (Å²) in [6, 6.07) is 9.15. The maximum atomic E-state index is 12.9. The van der Waals surface area contributed by atoms with Crippen molar-refractivity contribution < 1.29 is 17.9 Å². The molecule has 0 spiro atoms. The fourth-order valence-electron chi connectivity index (χ4n) is 2.97. The van der Waals surface area contributed by atoms with Gasteiger partial charge in [-0.3, -0.25) is 9.36 Å². The van der Waals surface area contributed by atoms with Crippen LogP contribution in [0, 0.1) is 0 Å². The van der Waals surface area contributed by atoms with E-state index in [4.69, 9.17) is 4.74 Å². The number of anilines is 1. The van der Waals surface area contributed by atoms with E-state index in [1.54, 1.807) is 12.1 Å². The van der Waals surface area contributed by atoms with Crippen LogP contribution in [0.3, 0.4) is 0 Å². The number of carbonyl (C=O) groups is 1. The highest BCUT2D eigenvalue weighted by atomic mass is 32.2. The molecule has 1 N–H and O–H groups in total. The molecule has 1 amide bonds. The summed E-state index contributed by atoms with van der Waals surface area (Å²) in [7, 11) is -3.95. The minimum Gasteiger partial charge on any atom is -0.378 e. The van der Waals surface area contributed by atoms with Crippen molar-refractivity contribution in [2.24, 2.45) is 0 Å². The molecule has 2 aliphatic rings. The van der Waals surface area contributed by atoms with Gasteiger partial charge in [-0.05, 0) is 25.0 Å². The molecule has 0 atom stereocenters. The number of ether oxygens (including phenoxy) is 1.